The van der Waals surface area contributed by atoms with Gasteiger partial charge >= 0.3 is 0 Å². The quantitative estimate of drug-likeness (QED) is 0.835. The van der Waals surface area contributed by atoms with E-state index in [1.165, 1.54) is 0 Å². The van der Waals surface area contributed by atoms with Crippen molar-refractivity contribution < 1.29 is 9.53 Å². The average Bonchev–Trinajstić information content (AvgIpc) is 2.79. The molecule has 0 saturated carbocycles. The first kappa shape index (κ1) is 11.5. The van der Waals surface area contributed by atoms with E-state index in [9.17, 15) is 4.79 Å². The summed E-state index contributed by atoms with van der Waals surface area (Å²) < 4.78 is 7.04. The van der Waals surface area contributed by atoms with Crippen molar-refractivity contribution in [2.45, 2.75) is 0 Å². The second-order valence-electron chi connectivity index (χ2n) is 4.17. The summed E-state index contributed by atoms with van der Waals surface area (Å²) in [6.07, 6.45) is 1.74. The van der Waals surface area contributed by atoms with E-state index in [-0.39, 0.29) is 12.5 Å². The highest BCUT2D eigenvalue weighted by Crippen LogP contribution is 2.31. The van der Waals surface area contributed by atoms with Crippen LogP contribution in [0.25, 0.3) is 11.3 Å². The minimum absolute atomic E-state index is 0.00459. The molecule has 0 fully saturated rings. The van der Waals surface area contributed by atoms with Crippen LogP contribution in [0.3, 0.4) is 0 Å². The third-order valence-electron chi connectivity index (χ3n) is 2.93. The van der Waals surface area contributed by atoms with Crippen molar-refractivity contribution in [3.8, 4) is 17.1 Å². The van der Waals surface area contributed by atoms with Crippen LogP contribution in [0, 0.1) is 0 Å². The Labute approximate surface area is 109 Å². The van der Waals surface area contributed by atoms with E-state index >= 15 is 0 Å². The molecule has 2 N–H and O–H groups in total. The third kappa shape index (κ3) is 1.88. The number of aryl methyl sites for hydroxylation is 1. The molecule has 7 nitrogen and oxygen atoms in total. The molecule has 0 spiro atoms. The fourth-order valence-electron chi connectivity index (χ4n) is 2.04. The molecule has 0 aliphatic carbocycles. The zero-order chi connectivity index (χ0) is 13.4. The molecule has 7 heteroatoms. The molecule has 1 aliphatic heterocycles. The standard InChI is InChI=1S/C12H13N5O2/c1-13-11-7(5-14-17(11)2)8-3-4-9-12(16-8)19-6-10(18)15-9/h3-5,13H,6H2,1-2H3,(H,15,18). The Morgan fingerprint density at radius 1 is 1.47 bits per heavy atom. The van der Waals surface area contributed by atoms with Gasteiger partial charge in [0.15, 0.2) is 6.61 Å². The summed E-state index contributed by atoms with van der Waals surface area (Å²) in [6, 6.07) is 3.60. The fraction of sp³-hybridized carbons (Fsp3) is 0.250. The first-order valence-electron chi connectivity index (χ1n) is 5.83. The molecule has 0 radical (unpaired) electrons. The number of amides is 1. The van der Waals surface area contributed by atoms with Crippen LogP contribution in [-0.2, 0) is 11.8 Å². The van der Waals surface area contributed by atoms with Crippen molar-refractivity contribution >= 4 is 17.4 Å². The van der Waals surface area contributed by atoms with Gasteiger partial charge in [-0.2, -0.15) is 5.10 Å². The largest absolute Gasteiger partial charge is 0.466 e. The number of pyridine rings is 1. The van der Waals surface area contributed by atoms with Gasteiger partial charge in [-0.1, -0.05) is 0 Å². The lowest BCUT2D eigenvalue weighted by Gasteiger charge is -2.17. The van der Waals surface area contributed by atoms with Crippen LogP contribution < -0.4 is 15.4 Å². The van der Waals surface area contributed by atoms with Crippen LogP contribution in [0.4, 0.5) is 11.5 Å². The van der Waals surface area contributed by atoms with Crippen LogP contribution in [0.2, 0.25) is 0 Å². The maximum absolute atomic E-state index is 11.2. The maximum Gasteiger partial charge on any atom is 0.262 e. The minimum Gasteiger partial charge on any atom is -0.466 e. The Balaban J connectivity index is 2.04. The first-order valence-corrected chi connectivity index (χ1v) is 5.83. The SMILES string of the molecule is CNc1c(-c2ccc3c(n2)OCC(=O)N3)cnn1C. The third-order valence-corrected chi connectivity index (χ3v) is 2.93. The number of carbonyl (C=O) groups is 1. The number of anilines is 2. The summed E-state index contributed by atoms with van der Waals surface area (Å²) >= 11 is 0. The van der Waals surface area contributed by atoms with E-state index in [1.54, 1.807) is 16.9 Å². The van der Waals surface area contributed by atoms with Gasteiger partial charge in [-0.15, -0.1) is 0 Å². The van der Waals surface area contributed by atoms with E-state index in [1.807, 2.05) is 20.2 Å². The van der Waals surface area contributed by atoms with Crippen molar-refractivity contribution in [3.63, 3.8) is 0 Å². The summed E-state index contributed by atoms with van der Waals surface area (Å²) in [7, 11) is 3.68. The van der Waals surface area contributed by atoms with Crippen molar-refractivity contribution in [2.75, 3.05) is 24.3 Å². The van der Waals surface area contributed by atoms with E-state index in [0.717, 1.165) is 17.1 Å². The van der Waals surface area contributed by atoms with Crippen LogP contribution in [0.5, 0.6) is 5.88 Å². The summed E-state index contributed by atoms with van der Waals surface area (Å²) in [5.41, 5.74) is 2.22. The highest BCUT2D eigenvalue weighted by atomic mass is 16.5. The lowest BCUT2D eigenvalue weighted by Crippen LogP contribution is -2.25. The Morgan fingerprint density at radius 2 is 2.32 bits per heavy atom. The van der Waals surface area contributed by atoms with Crippen LogP contribution in [-0.4, -0.2) is 34.3 Å². The van der Waals surface area contributed by atoms with Gasteiger partial charge in [0.05, 0.1) is 17.5 Å². The molecule has 1 amide bonds. The lowest BCUT2D eigenvalue weighted by atomic mass is 10.2. The predicted molar refractivity (Wildman–Crippen MR) is 70.1 cm³/mol. The molecular weight excluding hydrogens is 246 g/mol. The number of carbonyl (C=O) groups excluding carboxylic acids is 1. The van der Waals surface area contributed by atoms with Crippen molar-refractivity contribution in [1.82, 2.24) is 14.8 Å². The van der Waals surface area contributed by atoms with Crippen LogP contribution in [0.15, 0.2) is 18.3 Å². The van der Waals surface area contributed by atoms with E-state index in [0.29, 0.717) is 11.6 Å². The molecule has 2 aromatic rings. The molecule has 0 atom stereocenters. The molecule has 98 valence electrons. The van der Waals surface area contributed by atoms with Gasteiger partial charge in [-0.05, 0) is 12.1 Å². The van der Waals surface area contributed by atoms with Gasteiger partial charge in [-0.25, -0.2) is 4.98 Å². The highest BCUT2D eigenvalue weighted by molar-refractivity contribution is 5.95. The normalized spacial score (nSPS) is 13.5. The van der Waals surface area contributed by atoms with Crippen molar-refractivity contribution in [3.05, 3.63) is 18.3 Å². The van der Waals surface area contributed by atoms with Gasteiger partial charge in [0.25, 0.3) is 5.91 Å². The molecule has 3 rings (SSSR count). The summed E-state index contributed by atoms with van der Waals surface area (Å²) in [4.78, 5) is 15.6. The van der Waals surface area contributed by atoms with Crippen molar-refractivity contribution in [2.24, 2.45) is 7.05 Å². The number of hydrogen-bond donors (Lipinski definition) is 2. The second-order valence-corrected chi connectivity index (χ2v) is 4.17. The van der Waals surface area contributed by atoms with E-state index in [4.69, 9.17) is 4.74 Å². The summed E-state index contributed by atoms with van der Waals surface area (Å²) in [5, 5.41) is 9.98. The zero-order valence-corrected chi connectivity index (χ0v) is 10.6. The maximum atomic E-state index is 11.2. The van der Waals surface area contributed by atoms with Gasteiger partial charge < -0.3 is 15.4 Å². The Hall–Kier alpha value is -2.57. The number of hydrogen-bond acceptors (Lipinski definition) is 5. The topological polar surface area (TPSA) is 81.1 Å². The number of fused-ring (bicyclic) bond motifs is 1. The summed E-state index contributed by atoms with van der Waals surface area (Å²) in [5.74, 6) is 1.13. The van der Waals surface area contributed by atoms with E-state index in [2.05, 4.69) is 20.7 Å². The van der Waals surface area contributed by atoms with Crippen molar-refractivity contribution in [1.29, 1.82) is 0 Å². The molecule has 0 saturated heterocycles. The molecular formula is C12H13N5O2. The number of ether oxygens (including phenoxy) is 1. The smallest absolute Gasteiger partial charge is 0.262 e. The Kier molecular flexibility index (Phi) is 2.59. The molecule has 0 unspecified atom stereocenters. The number of nitrogens with zero attached hydrogens (tertiary/aromatic N) is 3. The van der Waals surface area contributed by atoms with Gasteiger partial charge in [-0.3, -0.25) is 9.48 Å². The molecule has 19 heavy (non-hydrogen) atoms. The van der Waals surface area contributed by atoms with Gasteiger partial charge in [0.2, 0.25) is 5.88 Å². The zero-order valence-electron chi connectivity index (χ0n) is 10.6. The number of rotatable bonds is 2. The Bertz CT molecular complexity index is 650. The molecule has 2 aromatic heterocycles. The monoisotopic (exact) mass is 259 g/mol. The predicted octanol–water partition coefficient (Wildman–Crippen LogP) is 0.855. The highest BCUT2D eigenvalue weighted by Gasteiger charge is 2.19. The minimum atomic E-state index is -0.167. The molecule has 1 aliphatic rings. The van der Waals surface area contributed by atoms with Gasteiger partial charge in [0.1, 0.15) is 11.5 Å². The second kappa shape index (κ2) is 4.27. The number of nitrogens with one attached hydrogen (secondary N) is 2. The lowest BCUT2D eigenvalue weighted by molar-refractivity contribution is -0.118. The fourth-order valence-corrected chi connectivity index (χ4v) is 2.04. The first-order chi connectivity index (χ1) is 9.19. The van der Waals surface area contributed by atoms with E-state index < -0.39 is 0 Å². The number of aromatic nitrogens is 3. The molecule has 3 heterocycles. The molecule has 0 bridgehead atoms. The summed E-state index contributed by atoms with van der Waals surface area (Å²) in [6.45, 7) is -0.00459. The van der Waals surface area contributed by atoms with Gasteiger partial charge in [0, 0.05) is 14.1 Å². The average molecular weight is 259 g/mol. The Morgan fingerprint density at radius 3 is 3.11 bits per heavy atom. The van der Waals surface area contributed by atoms with Crippen LogP contribution >= 0.6 is 0 Å². The van der Waals surface area contributed by atoms with Crippen LogP contribution in [0.1, 0.15) is 0 Å². The molecule has 0 aromatic carbocycles.